The third kappa shape index (κ3) is 3.57. The predicted octanol–water partition coefficient (Wildman–Crippen LogP) is 7.17. The topological polar surface area (TPSA) is 52.0 Å². The van der Waals surface area contributed by atoms with Crippen molar-refractivity contribution in [3.05, 3.63) is 113 Å². The number of hydrogen-bond acceptors (Lipinski definition) is 4. The number of ketones is 1. The molecule has 0 radical (unpaired) electrons. The van der Waals surface area contributed by atoms with Crippen LogP contribution in [-0.2, 0) is 4.79 Å². The number of nitrogens with zero attached hydrogens (tertiary/aromatic N) is 2. The van der Waals surface area contributed by atoms with Gasteiger partial charge in [0, 0.05) is 27.4 Å². The van der Waals surface area contributed by atoms with Gasteiger partial charge in [-0.3, -0.25) is 14.2 Å². The van der Waals surface area contributed by atoms with Crippen molar-refractivity contribution in [2.75, 3.05) is 0 Å². The van der Waals surface area contributed by atoms with Gasteiger partial charge in [-0.25, -0.2) is 4.98 Å². The molecule has 3 aromatic heterocycles. The van der Waals surface area contributed by atoms with Crippen molar-refractivity contribution in [2.24, 2.45) is 0 Å². The number of fused-ring (bicyclic) bond motifs is 4. The molecule has 3 heterocycles. The number of para-hydroxylation sites is 1. The minimum Gasteiger partial charge on any atom is -0.298 e. The zero-order valence-electron chi connectivity index (χ0n) is 18.9. The molecule has 5 heteroatoms. The van der Waals surface area contributed by atoms with Gasteiger partial charge in [0.2, 0.25) is 0 Å². The lowest BCUT2D eigenvalue weighted by Gasteiger charge is -2.07. The summed E-state index contributed by atoms with van der Waals surface area (Å²) in [5.41, 5.74) is 3.48. The molecular formula is C30H20N2O2S. The molecule has 0 bridgehead atoms. The average molecular weight is 473 g/mol. The molecule has 0 saturated heterocycles. The van der Waals surface area contributed by atoms with Gasteiger partial charge in [0.15, 0.2) is 12.1 Å². The van der Waals surface area contributed by atoms with Crippen LogP contribution in [0.5, 0.6) is 0 Å². The Morgan fingerprint density at radius 1 is 0.886 bits per heavy atom. The second-order valence-electron chi connectivity index (χ2n) is 8.46. The number of aryl methyl sites for hydroxylation is 1. The predicted molar refractivity (Wildman–Crippen MR) is 144 cm³/mol. The monoisotopic (exact) mass is 472 g/mol. The number of aldehydes is 1. The fraction of sp³-hybridized carbons (Fsp3) is 0.0333. The minimum atomic E-state index is -0.267. The van der Waals surface area contributed by atoms with E-state index in [2.05, 4.69) is 27.8 Å². The Hall–Kier alpha value is -4.35. The van der Waals surface area contributed by atoms with Crippen LogP contribution in [0, 0.1) is 6.92 Å². The molecule has 35 heavy (non-hydrogen) atoms. The van der Waals surface area contributed by atoms with Crippen LogP contribution in [-0.4, -0.2) is 21.6 Å². The molecule has 0 amide bonds. The van der Waals surface area contributed by atoms with Crippen LogP contribution in [0.2, 0.25) is 0 Å². The molecule has 6 aromatic rings. The molecule has 168 valence electrons. The van der Waals surface area contributed by atoms with Crippen LogP contribution in [0.15, 0.2) is 96.7 Å². The molecule has 0 fully saturated rings. The van der Waals surface area contributed by atoms with Crippen LogP contribution < -0.4 is 0 Å². The van der Waals surface area contributed by atoms with E-state index in [1.54, 1.807) is 12.3 Å². The number of rotatable bonds is 5. The highest BCUT2D eigenvalue weighted by Gasteiger charge is 2.17. The molecule has 0 atom stereocenters. The van der Waals surface area contributed by atoms with E-state index in [0.29, 0.717) is 11.8 Å². The first-order valence-electron chi connectivity index (χ1n) is 11.3. The summed E-state index contributed by atoms with van der Waals surface area (Å²) >= 11 is 1.52. The fourth-order valence-electron chi connectivity index (χ4n) is 4.62. The highest BCUT2D eigenvalue weighted by atomic mass is 32.1. The molecule has 0 saturated carbocycles. The SMILES string of the molecule is Cc1cc2ccccc2cc1C(=O)/C(C=O)=C/c1ccc(-n2c3ccccc3c3cccnc32)s1. The summed E-state index contributed by atoms with van der Waals surface area (Å²) in [6.07, 6.45) is 4.12. The Morgan fingerprint density at radius 3 is 2.46 bits per heavy atom. The van der Waals surface area contributed by atoms with Crippen LogP contribution in [0.3, 0.4) is 0 Å². The highest BCUT2D eigenvalue weighted by molar-refractivity contribution is 7.15. The molecule has 0 aliphatic carbocycles. The lowest BCUT2D eigenvalue weighted by atomic mass is 9.95. The van der Waals surface area contributed by atoms with Crippen molar-refractivity contribution in [1.82, 2.24) is 9.55 Å². The third-order valence-electron chi connectivity index (χ3n) is 6.29. The van der Waals surface area contributed by atoms with Gasteiger partial charge in [-0.05, 0) is 65.7 Å². The molecule has 0 N–H and O–H groups in total. The molecule has 0 aliphatic rings. The Balaban J connectivity index is 1.42. The summed E-state index contributed by atoms with van der Waals surface area (Å²) in [6.45, 7) is 1.90. The minimum absolute atomic E-state index is 0.136. The van der Waals surface area contributed by atoms with Gasteiger partial charge >= 0.3 is 0 Å². The number of aromatic nitrogens is 2. The Bertz CT molecular complexity index is 1750. The molecule has 3 aromatic carbocycles. The van der Waals surface area contributed by atoms with E-state index in [9.17, 15) is 9.59 Å². The van der Waals surface area contributed by atoms with Crippen molar-refractivity contribution in [3.8, 4) is 5.00 Å². The van der Waals surface area contributed by atoms with Crippen molar-refractivity contribution >= 4 is 62.2 Å². The van der Waals surface area contributed by atoms with Crippen molar-refractivity contribution < 1.29 is 9.59 Å². The summed E-state index contributed by atoms with van der Waals surface area (Å²) in [5, 5.41) is 5.24. The largest absolute Gasteiger partial charge is 0.298 e. The maximum atomic E-state index is 13.3. The molecule has 6 rings (SSSR count). The normalized spacial score (nSPS) is 12.0. The average Bonchev–Trinajstić information content (AvgIpc) is 3.48. The first-order chi connectivity index (χ1) is 17.1. The summed E-state index contributed by atoms with van der Waals surface area (Å²) in [5.74, 6) is -0.267. The summed E-state index contributed by atoms with van der Waals surface area (Å²) in [6, 6.07) is 27.9. The van der Waals surface area contributed by atoms with Crippen molar-refractivity contribution in [1.29, 1.82) is 0 Å². The van der Waals surface area contributed by atoms with E-state index in [1.165, 1.54) is 11.3 Å². The highest BCUT2D eigenvalue weighted by Crippen LogP contribution is 2.34. The number of allylic oxidation sites excluding steroid dienone is 1. The number of carbonyl (C=O) groups excluding carboxylic acids is 2. The lowest BCUT2D eigenvalue weighted by Crippen LogP contribution is -2.06. The van der Waals surface area contributed by atoms with Gasteiger partial charge in [-0.2, -0.15) is 0 Å². The third-order valence-corrected chi connectivity index (χ3v) is 7.31. The van der Waals surface area contributed by atoms with E-state index < -0.39 is 0 Å². The van der Waals surface area contributed by atoms with Gasteiger partial charge in [0.25, 0.3) is 0 Å². The first kappa shape index (κ1) is 21.2. The quantitative estimate of drug-likeness (QED) is 0.0879. The van der Waals surface area contributed by atoms with Crippen LogP contribution in [0.4, 0.5) is 0 Å². The molecule has 4 nitrogen and oxygen atoms in total. The molecule has 0 aliphatic heterocycles. The zero-order chi connectivity index (χ0) is 23.9. The summed E-state index contributed by atoms with van der Waals surface area (Å²) in [4.78, 5) is 30.8. The first-order valence-corrected chi connectivity index (χ1v) is 12.1. The van der Waals surface area contributed by atoms with Crippen LogP contribution in [0.1, 0.15) is 20.8 Å². The smallest absolute Gasteiger partial charge is 0.196 e. The van der Waals surface area contributed by atoms with E-state index in [0.717, 1.165) is 48.2 Å². The number of pyridine rings is 1. The Morgan fingerprint density at radius 2 is 1.63 bits per heavy atom. The zero-order valence-corrected chi connectivity index (χ0v) is 19.8. The van der Waals surface area contributed by atoms with E-state index in [4.69, 9.17) is 0 Å². The lowest BCUT2D eigenvalue weighted by molar-refractivity contribution is -0.104. The van der Waals surface area contributed by atoms with Gasteiger partial charge < -0.3 is 0 Å². The number of thiophene rings is 1. The van der Waals surface area contributed by atoms with Gasteiger partial charge in [0.1, 0.15) is 10.6 Å². The van der Waals surface area contributed by atoms with Crippen LogP contribution in [0.25, 0.3) is 43.8 Å². The second-order valence-corrected chi connectivity index (χ2v) is 9.56. The second kappa shape index (κ2) is 8.46. The number of hydrogen-bond donors (Lipinski definition) is 0. The number of Topliss-reactive ketones (excluding diaryl/α,β-unsaturated/α-hetero) is 1. The van der Waals surface area contributed by atoms with Crippen molar-refractivity contribution in [2.45, 2.75) is 6.92 Å². The van der Waals surface area contributed by atoms with Crippen molar-refractivity contribution in [3.63, 3.8) is 0 Å². The molecule has 0 spiro atoms. The van der Waals surface area contributed by atoms with E-state index >= 15 is 0 Å². The molecule has 0 unspecified atom stereocenters. The van der Waals surface area contributed by atoms with E-state index in [-0.39, 0.29) is 11.4 Å². The van der Waals surface area contributed by atoms with Gasteiger partial charge in [0.05, 0.1) is 11.1 Å². The maximum Gasteiger partial charge on any atom is 0.196 e. The van der Waals surface area contributed by atoms with Crippen LogP contribution >= 0.6 is 11.3 Å². The Kier molecular flexibility index (Phi) is 5.12. The molecular weight excluding hydrogens is 452 g/mol. The number of benzene rings is 3. The van der Waals surface area contributed by atoms with Gasteiger partial charge in [-0.15, -0.1) is 11.3 Å². The summed E-state index contributed by atoms with van der Waals surface area (Å²) < 4.78 is 2.13. The van der Waals surface area contributed by atoms with Gasteiger partial charge in [-0.1, -0.05) is 48.5 Å². The summed E-state index contributed by atoms with van der Waals surface area (Å²) in [7, 11) is 0. The maximum absolute atomic E-state index is 13.3. The Labute approximate surface area is 205 Å². The standard InChI is InChI=1S/C30H20N2O2S/c1-19-15-20-7-2-3-8-21(20)17-26(19)29(34)22(18-33)16-23-12-13-28(35-23)32-27-11-5-4-9-24(27)25-10-6-14-31-30(25)32/h2-18H,1H3/b22-16+. The fourth-order valence-corrected chi connectivity index (χ4v) is 5.60. The van der Waals surface area contributed by atoms with E-state index in [1.807, 2.05) is 73.7 Å². The number of carbonyl (C=O) groups is 2.